The Hall–Kier alpha value is -0.900. The van der Waals surface area contributed by atoms with Gasteiger partial charge in [-0.3, -0.25) is 4.90 Å². The summed E-state index contributed by atoms with van der Waals surface area (Å²) < 4.78 is 0. The lowest BCUT2D eigenvalue weighted by molar-refractivity contribution is 0.253. The van der Waals surface area contributed by atoms with Crippen LogP contribution in [0.15, 0.2) is 30.3 Å². The van der Waals surface area contributed by atoms with Gasteiger partial charge in [-0.15, -0.1) is 0 Å². The second-order valence-corrected chi connectivity index (χ2v) is 6.13. The Morgan fingerprint density at radius 2 is 2.10 bits per heavy atom. The number of aliphatic hydroxyl groups excluding tert-OH is 1. The van der Waals surface area contributed by atoms with Gasteiger partial charge in [0.2, 0.25) is 0 Å². The van der Waals surface area contributed by atoms with Crippen LogP contribution in [0.25, 0.3) is 0 Å². The summed E-state index contributed by atoms with van der Waals surface area (Å²) in [5, 5.41) is 12.6. The molecule has 3 atom stereocenters. The molecular weight excluding hydrogens is 248 g/mol. The van der Waals surface area contributed by atoms with Gasteiger partial charge in [0.25, 0.3) is 0 Å². The molecule has 112 valence electrons. The van der Waals surface area contributed by atoms with Gasteiger partial charge in [0, 0.05) is 37.8 Å². The maximum Gasteiger partial charge on any atom is 0.0431 e. The average Bonchev–Trinajstić information content (AvgIpc) is 2.77. The van der Waals surface area contributed by atoms with Crippen LogP contribution in [0.1, 0.15) is 38.7 Å². The van der Waals surface area contributed by atoms with Crippen LogP contribution in [0, 0.1) is 0 Å². The van der Waals surface area contributed by atoms with E-state index in [1.165, 1.54) is 12.0 Å². The summed E-state index contributed by atoms with van der Waals surface area (Å²) >= 11 is 0. The highest BCUT2D eigenvalue weighted by Crippen LogP contribution is 2.20. The molecule has 3 heteroatoms. The van der Waals surface area contributed by atoms with Crippen LogP contribution in [0.5, 0.6) is 0 Å². The van der Waals surface area contributed by atoms with Crippen molar-refractivity contribution < 1.29 is 5.11 Å². The van der Waals surface area contributed by atoms with Gasteiger partial charge in [0.05, 0.1) is 0 Å². The number of nitrogens with zero attached hydrogens (tertiary/aromatic N) is 1. The van der Waals surface area contributed by atoms with Gasteiger partial charge >= 0.3 is 0 Å². The van der Waals surface area contributed by atoms with Gasteiger partial charge in [-0.05, 0) is 38.7 Å². The Kier molecular flexibility index (Phi) is 6.02. The molecule has 0 saturated carbocycles. The van der Waals surface area contributed by atoms with Crippen LogP contribution in [0.4, 0.5) is 0 Å². The molecule has 0 bridgehead atoms. The Morgan fingerprint density at radius 3 is 2.80 bits per heavy atom. The van der Waals surface area contributed by atoms with E-state index in [1.807, 2.05) is 0 Å². The Bertz CT molecular complexity index is 382. The van der Waals surface area contributed by atoms with E-state index in [4.69, 9.17) is 5.11 Å². The number of likely N-dealkylation sites (tertiary alicyclic amines) is 1. The lowest BCUT2D eigenvalue weighted by Gasteiger charge is -2.21. The van der Waals surface area contributed by atoms with E-state index >= 15 is 0 Å². The first-order valence-corrected chi connectivity index (χ1v) is 7.84. The molecule has 1 fully saturated rings. The summed E-state index contributed by atoms with van der Waals surface area (Å²) in [6, 6.07) is 12.4. The first kappa shape index (κ1) is 15.5. The fourth-order valence-corrected chi connectivity index (χ4v) is 3.14. The Balaban J connectivity index is 1.80. The van der Waals surface area contributed by atoms with Crippen LogP contribution >= 0.6 is 0 Å². The number of rotatable bonds is 7. The number of aliphatic hydroxyl groups is 1. The summed E-state index contributed by atoms with van der Waals surface area (Å²) in [5.41, 5.74) is 1.40. The van der Waals surface area contributed by atoms with Crippen molar-refractivity contribution in [2.75, 3.05) is 13.2 Å². The van der Waals surface area contributed by atoms with E-state index in [0.29, 0.717) is 24.7 Å². The molecule has 1 aromatic rings. The quantitative estimate of drug-likeness (QED) is 0.803. The van der Waals surface area contributed by atoms with Gasteiger partial charge < -0.3 is 10.4 Å². The molecule has 0 amide bonds. The van der Waals surface area contributed by atoms with E-state index in [1.54, 1.807) is 0 Å². The molecule has 1 saturated heterocycles. The van der Waals surface area contributed by atoms with E-state index in [-0.39, 0.29) is 0 Å². The molecule has 0 aromatic heterocycles. The third kappa shape index (κ3) is 4.58. The van der Waals surface area contributed by atoms with Gasteiger partial charge in [-0.2, -0.15) is 0 Å². The molecule has 2 rings (SSSR count). The number of hydrogen-bond acceptors (Lipinski definition) is 3. The lowest BCUT2D eigenvalue weighted by Crippen LogP contribution is -2.38. The molecule has 1 heterocycles. The van der Waals surface area contributed by atoms with Crippen LogP contribution in [0.3, 0.4) is 0 Å². The lowest BCUT2D eigenvalue weighted by atomic mass is 10.1. The zero-order valence-electron chi connectivity index (χ0n) is 12.8. The van der Waals surface area contributed by atoms with Gasteiger partial charge in [0.1, 0.15) is 0 Å². The molecule has 0 spiro atoms. The van der Waals surface area contributed by atoms with E-state index in [9.17, 15) is 0 Å². The SMILES string of the molecule is CC(CCCO)NC1CC(C)N(Cc2ccccc2)C1. The average molecular weight is 276 g/mol. The molecule has 0 radical (unpaired) electrons. The zero-order valence-corrected chi connectivity index (χ0v) is 12.8. The Morgan fingerprint density at radius 1 is 1.35 bits per heavy atom. The van der Waals surface area contributed by atoms with Crippen molar-refractivity contribution in [3.8, 4) is 0 Å². The standard InChI is InChI=1S/C17H28N2O/c1-14(7-6-10-20)18-17-11-15(2)19(13-17)12-16-8-4-3-5-9-16/h3-5,8-9,14-15,17-18,20H,6-7,10-13H2,1-2H3. The van der Waals surface area contributed by atoms with Crippen molar-refractivity contribution >= 4 is 0 Å². The molecule has 1 aliphatic rings. The first-order chi connectivity index (χ1) is 9.69. The number of hydrogen-bond donors (Lipinski definition) is 2. The minimum absolute atomic E-state index is 0.299. The van der Waals surface area contributed by atoms with Crippen LogP contribution < -0.4 is 5.32 Å². The van der Waals surface area contributed by atoms with Gasteiger partial charge in [-0.25, -0.2) is 0 Å². The minimum Gasteiger partial charge on any atom is -0.396 e. The number of nitrogens with one attached hydrogen (secondary N) is 1. The first-order valence-electron chi connectivity index (χ1n) is 7.84. The largest absolute Gasteiger partial charge is 0.396 e. The topological polar surface area (TPSA) is 35.5 Å². The van der Waals surface area contributed by atoms with Crippen LogP contribution in [-0.2, 0) is 6.54 Å². The summed E-state index contributed by atoms with van der Waals surface area (Å²) in [7, 11) is 0. The third-order valence-corrected chi connectivity index (χ3v) is 4.25. The van der Waals surface area contributed by atoms with Crippen molar-refractivity contribution in [1.29, 1.82) is 0 Å². The van der Waals surface area contributed by atoms with Crippen molar-refractivity contribution in [2.24, 2.45) is 0 Å². The monoisotopic (exact) mass is 276 g/mol. The van der Waals surface area contributed by atoms with Crippen LogP contribution in [-0.4, -0.2) is 41.3 Å². The van der Waals surface area contributed by atoms with Gasteiger partial charge in [-0.1, -0.05) is 30.3 Å². The predicted molar refractivity (Wildman–Crippen MR) is 83.6 cm³/mol. The maximum absolute atomic E-state index is 8.89. The predicted octanol–water partition coefficient (Wildman–Crippen LogP) is 2.40. The summed E-state index contributed by atoms with van der Waals surface area (Å²) in [5.74, 6) is 0. The fourth-order valence-electron chi connectivity index (χ4n) is 3.14. The molecule has 1 aromatic carbocycles. The molecule has 3 unspecified atom stereocenters. The Labute approximate surface area is 123 Å². The highest BCUT2D eigenvalue weighted by Gasteiger charge is 2.29. The van der Waals surface area contributed by atoms with Crippen molar-refractivity contribution in [3.05, 3.63) is 35.9 Å². The minimum atomic E-state index is 0.299. The highest BCUT2D eigenvalue weighted by atomic mass is 16.2. The molecule has 0 aliphatic carbocycles. The maximum atomic E-state index is 8.89. The molecule has 3 nitrogen and oxygen atoms in total. The van der Waals surface area contributed by atoms with Crippen LogP contribution in [0.2, 0.25) is 0 Å². The third-order valence-electron chi connectivity index (χ3n) is 4.25. The van der Waals surface area contributed by atoms with Crippen molar-refractivity contribution in [1.82, 2.24) is 10.2 Å². The molecule has 2 N–H and O–H groups in total. The molecule has 20 heavy (non-hydrogen) atoms. The second kappa shape index (κ2) is 7.77. The highest BCUT2D eigenvalue weighted by molar-refractivity contribution is 5.15. The zero-order chi connectivity index (χ0) is 14.4. The molecular formula is C17H28N2O. The summed E-state index contributed by atoms with van der Waals surface area (Å²) in [6.45, 7) is 7.02. The molecule has 1 aliphatic heterocycles. The smallest absolute Gasteiger partial charge is 0.0431 e. The normalized spacial score (nSPS) is 24.9. The summed E-state index contributed by atoms with van der Waals surface area (Å²) in [6.07, 6.45) is 3.17. The summed E-state index contributed by atoms with van der Waals surface area (Å²) in [4.78, 5) is 2.56. The van der Waals surface area contributed by atoms with Crippen molar-refractivity contribution in [3.63, 3.8) is 0 Å². The van der Waals surface area contributed by atoms with E-state index in [0.717, 1.165) is 25.9 Å². The van der Waals surface area contributed by atoms with Crippen molar-refractivity contribution in [2.45, 2.75) is 57.8 Å². The number of benzene rings is 1. The van der Waals surface area contributed by atoms with E-state index < -0.39 is 0 Å². The second-order valence-electron chi connectivity index (χ2n) is 6.13. The van der Waals surface area contributed by atoms with E-state index in [2.05, 4.69) is 54.4 Å². The van der Waals surface area contributed by atoms with Gasteiger partial charge in [0.15, 0.2) is 0 Å². The fraction of sp³-hybridized carbons (Fsp3) is 0.647.